The van der Waals surface area contributed by atoms with E-state index in [0.29, 0.717) is 6.04 Å². The van der Waals surface area contributed by atoms with Crippen molar-refractivity contribution in [1.29, 1.82) is 0 Å². The predicted molar refractivity (Wildman–Crippen MR) is 66.5 cm³/mol. The maximum absolute atomic E-state index is 5.17. The lowest BCUT2D eigenvalue weighted by Crippen LogP contribution is -2.21. The van der Waals surface area contributed by atoms with Crippen molar-refractivity contribution in [3.8, 4) is 0 Å². The lowest BCUT2D eigenvalue weighted by atomic mass is 10.1. The van der Waals surface area contributed by atoms with Gasteiger partial charge in [0.05, 0.1) is 5.69 Å². The summed E-state index contributed by atoms with van der Waals surface area (Å²) in [5.41, 5.74) is 2.21. The van der Waals surface area contributed by atoms with Crippen molar-refractivity contribution in [1.82, 2.24) is 10.5 Å². The molecule has 1 N–H and O–H groups in total. The van der Waals surface area contributed by atoms with Gasteiger partial charge in [0.15, 0.2) is 0 Å². The highest BCUT2D eigenvalue weighted by Gasteiger charge is 2.15. The van der Waals surface area contributed by atoms with E-state index in [0.717, 1.165) is 23.9 Å². The second kappa shape index (κ2) is 6.04. The summed E-state index contributed by atoms with van der Waals surface area (Å²) in [5, 5.41) is 7.50. The van der Waals surface area contributed by atoms with Gasteiger partial charge in [-0.25, -0.2) is 0 Å². The van der Waals surface area contributed by atoms with E-state index in [1.807, 2.05) is 13.8 Å². The van der Waals surface area contributed by atoms with E-state index >= 15 is 0 Å². The second-order valence-corrected chi connectivity index (χ2v) is 4.95. The molecule has 1 aromatic rings. The molecular formula is C13H24N2O. The zero-order valence-corrected chi connectivity index (χ0v) is 11.1. The fourth-order valence-electron chi connectivity index (χ4n) is 2.04. The Hall–Kier alpha value is -0.830. The topological polar surface area (TPSA) is 38.1 Å². The summed E-state index contributed by atoms with van der Waals surface area (Å²) >= 11 is 0. The molecule has 1 rings (SSSR count). The molecular weight excluding hydrogens is 200 g/mol. The van der Waals surface area contributed by atoms with Crippen LogP contribution in [0.25, 0.3) is 0 Å². The van der Waals surface area contributed by atoms with Gasteiger partial charge in [-0.3, -0.25) is 0 Å². The summed E-state index contributed by atoms with van der Waals surface area (Å²) in [6.45, 7) is 11.7. The maximum Gasteiger partial charge on any atom is 0.138 e. The van der Waals surface area contributed by atoms with Crippen molar-refractivity contribution in [2.24, 2.45) is 5.92 Å². The van der Waals surface area contributed by atoms with Crippen molar-refractivity contribution in [2.75, 3.05) is 6.54 Å². The minimum atomic E-state index is 0.332. The van der Waals surface area contributed by atoms with Crippen LogP contribution in [0.4, 0.5) is 0 Å². The van der Waals surface area contributed by atoms with E-state index < -0.39 is 0 Å². The van der Waals surface area contributed by atoms with Crippen LogP contribution < -0.4 is 5.32 Å². The Morgan fingerprint density at radius 3 is 2.44 bits per heavy atom. The van der Waals surface area contributed by atoms with E-state index in [9.17, 15) is 0 Å². The lowest BCUT2D eigenvalue weighted by molar-refractivity contribution is 0.390. The number of hydrogen-bond donors (Lipinski definition) is 1. The highest BCUT2D eigenvalue weighted by atomic mass is 16.5. The third-order valence-corrected chi connectivity index (χ3v) is 2.93. The summed E-state index contributed by atoms with van der Waals surface area (Å²) in [4.78, 5) is 0. The molecule has 1 heterocycles. The van der Waals surface area contributed by atoms with Crippen LogP contribution in [-0.4, -0.2) is 11.7 Å². The smallest absolute Gasteiger partial charge is 0.138 e. The third kappa shape index (κ3) is 3.63. The SMILES string of the molecule is Cc1noc(C)c1C(C)NCCCC(C)C. The zero-order chi connectivity index (χ0) is 12.1. The van der Waals surface area contributed by atoms with Crippen LogP contribution in [0.15, 0.2) is 4.52 Å². The lowest BCUT2D eigenvalue weighted by Gasteiger charge is -2.14. The first-order valence-electron chi connectivity index (χ1n) is 6.18. The molecule has 0 bridgehead atoms. The molecule has 92 valence electrons. The molecule has 3 nitrogen and oxygen atoms in total. The van der Waals surface area contributed by atoms with Gasteiger partial charge in [-0.2, -0.15) is 0 Å². The second-order valence-electron chi connectivity index (χ2n) is 4.95. The molecule has 1 unspecified atom stereocenters. The number of nitrogens with one attached hydrogen (secondary N) is 1. The van der Waals surface area contributed by atoms with Crippen LogP contribution in [0.1, 0.15) is 56.7 Å². The molecule has 0 amide bonds. The summed E-state index contributed by atoms with van der Waals surface area (Å²) in [6, 6.07) is 0.332. The number of nitrogens with zero attached hydrogens (tertiary/aromatic N) is 1. The molecule has 0 aliphatic rings. The summed E-state index contributed by atoms with van der Waals surface area (Å²) in [6.07, 6.45) is 2.51. The Labute approximate surface area is 98.6 Å². The van der Waals surface area contributed by atoms with E-state index in [1.54, 1.807) is 0 Å². The molecule has 0 aromatic carbocycles. The Bertz CT molecular complexity index is 298. The summed E-state index contributed by atoms with van der Waals surface area (Å²) < 4.78 is 5.17. The first-order valence-corrected chi connectivity index (χ1v) is 6.18. The van der Waals surface area contributed by atoms with Gasteiger partial charge in [-0.05, 0) is 46.1 Å². The standard InChI is InChI=1S/C13H24N2O/c1-9(2)7-6-8-14-10(3)13-11(4)15-16-12(13)5/h9-10,14H,6-8H2,1-5H3. The quantitative estimate of drug-likeness (QED) is 0.753. The first-order chi connectivity index (χ1) is 7.52. The Morgan fingerprint density at radius 2 is 1.94 bits per heavy atom. The van der Waals surface area contributed by atoms with E-state index in [1.165, 1.54) is 18.4 Å². The number of hydrogen-bond acceptors (Lipinski definition) is 3. The van der Waals surface area contributed by atoms with Gasteiger partial charge in [0.1, 0.15) is 5.76 Å². The predicted octanol–water partition coefficient (Wildman–Crippen LogP) is 3.38. The highest BCUT2D eigenvalue weighted by Crippen LogP contribution is 2.20. The fraction of sp³-hybridized carbons (Fsp3) is 0.769. The van der Waals surface area contributed by atoms with Crippen molar-refractivity contribution >= 4 is 0 Å². The molecule has 3 heteroatoms. The number of rotatable bonds is 6. The average Bonchev–Trinajstić information content (AvgIpc) is 2.53. The first kappa shape index (κ1) is 13.2. The fourth-order valence-corrected chi connectivity index (χ4v) is 2.04. The molecule has 16 heavy (non-hydrogen) atoms. The molecule has 0 radical (unpaired) electrons. The normalized spacial score (nSPS) is 13.4. The van der Waals surface area contributed by atoms with E-state index in [-0.39, 0.29) is 0 Å². The molecule has 0 fully saturated rings. The zero-order valence-electron chi connectivity index (χ0n) is 11.1. The monoisotopic (exact) mass is 224 g/mol. The van der Waals surface area contributed by atoms with Gasteiger partial charge in [-0.1, -0.05) is 19.0 Å². The van der Waals surface area contributed by atoms with E-state index in [2.05, 4.69) is 31.2 Å². The van der Waals surface area contributed by atoms with Crippen LogP contribution in [0.2, 0.25) is 0 Å². The largest absolute Gasteiger partial charge is 0.361 e. The molecule has 0 aliphatic heterocycles. The highest BCUT2D eigenvalue weighted by molar-refractivity contribution is 5.24. The molecule has 0 spiro atoms. The van der Waals surface area contributed by atoms with Crippen molar-refractivity contribution in [2.45, 2.75) is 53.5 Å². The van der Waals surface area contributed by atoms with Gasteiger partial charge >= 0.3 is 0 Å². The van der Waals surface area contributed by atoms with Crippen LogP contribution in [-0.2, 0) is 0 Å². The van der Waals surface area contributed by atoms with Crippen LogP contribution >= 0.6 is 0 Å². The Kier molecular flexibility index (Phi) is 5.00. The molecule has 0 aliphatic carbocycles. The van der Waals surface area contributed by atoms with Crippen molar-refractivity contribution in [3.05, 3.63) is 17.0 Å². The van der Waals surface area contributed by atoms with Crippen LogP contribution in [0.5, 0.6) is 0 Å². The van der Waals surface area contributed by atoms with Gasteiger partial charge in [0, 0.05) is 11.6 Å². The Balaban J connectivity index is 2.38. The minimum Gasteiger partial charge on any atom is -0.361 e. The number of aromatic nitrogens is 1. The van der Waals surface area contributed by atoms with Crippen molar-refractivity contribution in [3.63, 3.8) is 0 Å². The molecule has 0 saturated heterocycles. The summed E-state index contributed by atoms with van der Waals surface area (Å²) in [5.74, 6) is 1.72. The number of aryl methyl sites for hydroxylation is 2. The maximum atomic E-state index is 5.17. The molecule has 1 atom stereocenters. The third-order valence-electron chi connectivity index (χ3n) is 2.93. The van der Waals surface area contributed by atoms with Gasteiger partial charge in [-0.15, -0.1) is 0 Å². The van der Waals surface area contributed by atoms with Crippen molar-refractivity contribution < 1.29 is 4.52 Å². The van der Waals surface area contributed by atoms with Gasteiger partial charge in [0.2, 0.25) is 0 Å². The van der Waals surface area contributed by atoms with Crippen LogP contribution in [0, 0.1) is 19.8 Å². The Morgan fingerprint density at radius 1 is 1.25 bits per heavy atom. The molecule has 0 saturated carbocycles. The van der Waals surface area contributed by atoms with Gasteiger partial charge in [0.25, 0.3) is 0 Å². The van der Waals surface area contributed by atoms with Crippen LogP contribution in [0.3, 0.4) is 0 Å². The summed E-state index contributed by atoms with van der Waals surface area (Å²) in [7, 11) is 0. The van der Waals surface area contributed by atoms with E-state index in [4.69, 9.17) is 4.52 Å². The van der Waals surface area contributed by atoms with Gasteiger partial charge < -0.3 is 9.84 Å². The molecule has 1 aromatic heterocycles. The minimum absolute atomic E-state index is 0.332. The average molecular weight is 224 g/mol.